The van der Waals surface area contributed by atoms with E-state index in [9.17, 15) is 8.42 Å². The summed E-state index contributed by atoms with van der Waals surface area (Å²) in [6, 6.07) is 6.43. The first-order valence-corrected chi connectivity index (χ1v) is 8.74. The van der Waals surface area contributed by atoms with Crippen LogP contribution < -0.4 is 15.2 Å². The molecule has 0 spiro atoms. The van der Waals surface area contributed by atoms with E-state index in [0.717, 1.165) is 19.3 Å². The summed E-state index contributed by atoms with van der Waals surface area (Å²) in [5, 5.41) is 0. The number of nitrogens with one attached hydrogen (secondary N) is 1. The third-order valence-corrected chi connectivity index (χ3v) is 4.29. The summed E-state index contributed by atoms with van der Waals surface area (Å²) in [7, 11) is -3.52. The lowest BCUT2D eigenvalue weighted by Crippen LogP contribution is -2.45. The van der Waals surface area contributed by atoms with Gasteiger partial charge in [0.2, 0.25) is 10.0 Å². The van der Waals surface area contributed by atoms with Crippen LogP contribution in [0.5, 0.6) is 5.75 Å². The molecule has 1 aromatic carbocycles. The van der Waals surface area contributed by atoms with Crippen molar-refractivity contribution in [3.05, 3.63) is 24.3 Å². The molecule has 0 unspecified atom stereocenters. The van der Waals surface area contributed by atoms with Crippen molar-refractivity contribution in [2.75, 3.05) is 13.2 Å². The first-order chi connectivity index (χ1) is 9.74. The fourth-order valence-corrected chi connectivity index (χ4v) is 2.84. The van der Waals surface area contributed by atoms with E-state index in [1.807, 2.05) is 0 Å². The fourth-order valence-electron chi connectivity index (χ4n) is 1.62. The zero-order valence-electron chi connectivity index (χ0n) is 13.1. The van der Waals surface area contributed by atoms with Crippen LogP contribution in [0.1, 0.15) is 40.0 Å². The monoisotopic (exact) mass is 314 g/mol. The van der Waals surface area contributed by atoms with Crippen LogP contribution in [0, 0.1) is 0 Å². The van der Waals surface area contributed by atoms with Crippen molar-refractivity contribution in [1.82, 2.24) is 4.72 Å². The molecule has 0 heterocycles. The molecule has 1 rings (SSSR count). The van der Waals surface area contributed by atoms with Crippen molar-refractivity contribution in [2.24, 2.45) is 5.73 Å². The van der Waals surface area contributed by atoms with E-state index in [4.69, 9.17) is 10.5 Å². The fraction of sp³-hybridized carbons (Fsp3) is 0.600. The first kappa shape index (κ1) is 17.9. The Morgan fingerprint density at radius 1 is 1.19 bits per heavy atom. The number of hydrogen-bond donors (Lipinski definition) is 2. The second-order valence-corrected chi connectivity index (χ2v) is 7.61. The Balaban J connectivity index is 2.60. The summed E-state index contributed by atoms with van der Waals surface area (Å²) in [6.07, 6.45) is 3.28. The number of sulfonamides is 1. The van der Waals surface area contributed by atoms with Gasteiger partial charge in [-0.1, -0.05) is 19.8 Å². The van der Waals surface area contributed by atoms with E-state index in [1.54, 1.807) is 38.1 Å². The Hall–Kier alpha value is -1.11. The number of rotatable bonds is 9. The van der Waals surface area contributed by atoms with Gasteiger partial charge in [-0.05, 0) is 44.5 Å². The van der Waals surface area contributed by atoms with E-state index < -0.39 is 15.6 Å². The molecule has 0 aliphatic rings. The van der Waals surface area contributed by atoms with Crippen LogP contribution in [0.25, 0.3) is 0 Å². The van der Waals surface area contributed by atoms with Crippen LogP contribution in [0.2, 0.25) is 0 Å². The maximum Gasteiger partial charge on any atom is 0.240 e. The zero-order valence-corrected chi connectivity index (χ0v) is 13.9. The van der Waals surface area contributed by atoms with Gasteiger partial charge in [0.15, 0.2) is 0 Å². The largest absolute Gasteiger partial charge is 0.494 e. The molecule has 0 aliphatic heterocycles. The van der Waals surface area contributed by atoms with Crippen molar-refractivity contribution in [3.8, 4) is 5.75 Å². The molecule has 0 saturated carbocycles. The standard InChI is InChI=1S/C15H26N2O3S/c1-4-5-6-11-20-13-7-9-14(10-8-13)21(18,19)17-12-15(2,3)16/h7-10,17H,4-6,11-12,16H2,1-3H3. The molecule has 5 nitrogen and oxygen atoms in total. The van der Waals surface area contributed by atoms with Gasteiger partial charge in [-0.3, -0.25) is 0 Å². The topological polar surface area (TPSA) is 81.4 Å². The minimum Gasteiger partial charge on any atom is -0.494 e. The van der Waals surface area contributed by atoms with Gasteiger partial charge in [0.05, 0.1) is 11.5 Å². The molecule has 0 saturated heterocycles. The molecular formula is C15H26N2O3S. The second-order valence-electron chi connectivity index (χ2n) is 5.84. The van der Waals surface area contributed by atoms with E-state index in [1.165, 1.54) is 0 Å². The maximum absolute atomic E-state index is 12.1. The number of hydrogen-bond acceptors (Lipinski definition) is 4. The molecule has 0 aliphatic carbocycles. The summed E-state index contributed by atoms with van der Waals surface area (Å²) < 4.78 is 32.2. The van der Waals surface area contributed by atoms with Crippen LogP contribution >= 0.6 is 0 Å². The predicted molar refractivity (Wildman–Crippen MR) is 84.9 cm³/mol. The van der Waals surface area contributed by atoms with Crippen LogP contribution in [0.4, 0.5) is 0 Å². The molecule has 0 atom stereocenters. The van der Waals surface area contributed by atoms with Gasteiger partial charge >= 0.3 is 0 Å². The third-order valence-electron chi connectivity index (χ3n) is 2.87. The second kappa shape index (κ2) is 7.77. The highest BCUT2D eigenvalue weighted by molar-refractivity contribution is 7.89. The number of benzene rings is 1. The van der Waals surface area contributed by atoms with Crippen molar-refractivity contribution in [1.29, 1.82) is 0 Å². The van der Waals surface area contributed by atoms with Crippen molar-refractivity contribution in [3.63, 3.8) is 0 Å². The smallest absolute Gasteiger partial charge is 0.240 e. The Bertz CT molecular complexity index is 519. The molecule has 0 aromatic heterocycles. The van der Waals surface area contributed by atoms with E-state index >= 15 is 0 Å². The quantitative estimate of drug-likeness (QED) is 0.685. The van der Waals surface area contributed by atoms with Gasteiger partial charge in [0, 0.05) is 12.1 Å². The summed E-state index contributed by atoms with van der Waals surface area (Å²) in [5.41, 5.74) is 5.19. The van der Waals surface area contributed by atoms with Gasteiger partial charge in [0.25, 0.3) is 0 Å². The van der Waals surface area contributed by atoms with E-state index in [2.05, 4.69) is 11.6 Å². The van der Waals surface area contributed by atoms with Crippen LogP contribution in [-0.2, 0) is 10.0 Å². The number of ether oxygens (including phenoxy) is 1. The zero-order chi connectivity index (χ0) is 15.9. The molecule has 3 N–H and O–H groups in total. The SMILES string of the molecule is CCCCCOc1ccc(S(=O)(=O)NCC(C)(C)N)cc1. The van der Waals surface area contributed by atoms with Gasteiger partial charge in [-0.2, -0.15) is 0 Å². The van der Waals surface area contributed by atoms with E-state index in [0.29, 0.717) is 12.4 Å². The summed E-state index contributed by atoms with van der Waals surface area (Å²) in [5.74, 6) is 0.684. The Morgan fingerprint density at radius 3 is 2.33 bits per heavy atom. The highest BCUT2D eigenvalue weighted by Gasteiger charge is 2.18. The van der Waals surface area contributed by atoms with Crippen LogP contribution in [0.3, 0.4) is 0 Å². The first-order valence-electron chi connectivity index (χ1n) is 7.26. The highest BCUT2D eigenvalue weighted by Crippen LogP contribution is 2.16. The molecule has 1 aromatic rings. The van der Waals surface area contributed by atoms with E-state index in [-0.39, 0.29) is 11.4 Å². The lowest BCUT2D eigenvalue weighted by Gasteiger charge is -2.19. The minimum atomic E-state index is -3.52. The summed E-state index contributed by atoms with van der Waals surface area (Å²) in [6.45, 7) is 6.50. The van der Waals surface area contributed by atoms with Crippen LogP contribution in [-0.4, -0.2) is 27.1 Å². The molecule has 0 bridgehead atoms. The molecular weight excluding hydrogens is 288 g/mol. The van der Waals surface area contributed by atoms with Gasteiger partial charge in [-0.25, -0.2) is 13.1 Å². The van der Waals surface area contributed by atoms with Gasteiger partial charge in [-0.15, -0.1) is 0 Å². The van der Waals surface area contributed by atoms with Gasteiger partial charge in [0.1, 0.15) is 5.75 Å². The summed E-state index contributed by atoms with van der Waals surface area (Å²) >= 11 is 0. The van der Waals surface area contributed by atoms with Gasteiger partial charge < -0.3 is 10.5 Å². The minimum absolute atomic E-state index is 0.185. The Labute approximate surface area is 127 Å². The molecule has 0 fully saturated rings. The molecule has 0 radical (unpaired) electrons. The lowest BCUT2D eigenvalue weighted by molar-refractivity contribution is 0.306. The van der Waals surface area contributed by atoms with Crippen molar-refractivity contribution in [2.45, 2.75) is 50.5 Å². The number of nitrogens with two attached hydrogens (primary N) is 1. The molecule has 0 amide bonds. The predicted octanol–water partition coefficient (Wildman–Crippen LogP) is 2.27. The number of unbranched alkanes of at least 4 members (excludes halogenated alkanes) is 2. The molecule has 6 heteroatoms. The maximum atomic E-state index is 12.1. The third kappa shape index (κ3) is 6.93. The molecule has 21 heavy (non-hydrogen) atoms. The van der Waals surface area contributed by atoms with Crippen LogP contribution in [0.15, 0.2) is 29.2 Å². The Kier molecular flexibility index (Phi) is 6.64. The van der Waals surface area contributed by atoms with Crippen molar-refractivity contribution < 1.29 is 13.2 Å². The highest BCUT2D eigenvalue weighted by atomic mass is 32.2. The van der Waals surface area contributed by atoms with Crippen molar-refractivity contribution >= 4 is 10.0 Å². The average Bonchev–Trinajstić information content (AvgIpc) is 2.41. The molecule has 120 valence electrons. The average molecular weight is 314 g/mol. The Morgan fingerprint density at radius 2 is 1.81 bits per heavy atom. The lowest BCUT2D eigenvalue weighted by atomic mass is 10.1. The normalized spacial score (nSPS) is 12.4. The summed E-state index contributed by atoms with van der Waals surface area (Å²) in [4.78, 5) is 0.215.